The van der Waals surface area contributed by atoms with Gasteiger partial charge in [0, 0.05) is 15.4 Å². The predicted molar refractivity (Wildman–Crippen MR) is 87.9 cm³/mol. The van der Waals surface area contributed by atoms with Gasteiger partial charge in [-0.2, -0.15) is 0 Å². The van der Waals surface area contributed by atoms with E-state index in [-0.39, 0.29) is 5.82 Å². The van der Waals surface area contributed by atoms with Crippen molar-refractivity contribution in [3.8, 4) is 0 Å². The quantitative estimate of drug-likeness (QED) is 0.751. The molecule has 1 nitrogen and oxygen atoms in total. The van der Waals surface area contributed by atoms with Crippen molar-refractivity contribution in [3.05, 3.63) is 56.4 Å². The molecule has 4 heteroatoms. The van der Waals surface area contributed by atoms with E-state index in [0.717, 1.165) is 25.8 Å². The number of halogens is 2. The molecule has 0 saturated heterocycles. The Morgan fingerprint density at radius 3 is 2.55 bits per heavy atom. The molecule has 2 rings (SSSR count). The molecule has 2 aromatic rings. The smallest absolute Gasteiger partial charge is 0.123 e. The molecule has 1 aromatic carbocycles. The topological polar surface area (TPSA) is 12.0 Å². The van der Waals surface area contributed by atoms with Crippen LogP contribution in [0.2, 0.25) is 0 Å². The summed E-state index contributed by atoms with van der Waals surface area (Å²) >= 11 is 5.37. The number of hydrogen-bond donors (Lipinski definition) is 1. The van der Waals surface area contributed by atoms with Gasteiger partial charge in [-0.1, -0.05) is 19.1 Å². The molecule has 0 fully saturated rings. The second-order valence-corrected chi connectivity index (χ2v) is 6.73. The minimum atomic E-state index is -0.173. The maximum Gasteiger partial charge on any atom is 0.123 e. The Morgan fingerprint density at radius 2 is 1.95 bits per heavy atom. The Balaban J connectivity index is 2.03. The van der Waals surface area contributed by atoms with Crippen LogP contribution in [0.5, 0.6) is 0 Å². The van der Waals surface area contributed by atoms with Crippen molar-refractivity contribution in [1.29, 1.82) is 0 Å². The van der Waals surface area contributed by atoms with Crippen molar-refractivity contribution < 1.29 is 4.39 Å². The summed E-state index contributed by atoms with van der Waals surface area (Å²) < 4.78 is 14.1. The lowest BCUT2D eigenvalue weighted by atomic mass is 10.0. The van der Waals surface area contributed by atoms with Crippen LogP contribution in [0.25, 0.3) is 0 Å². The van der Waals surface area contributed by atoms with Gasteiger partial charge in [-0.15, -0.1) is 11.3 Å². The molecule has 1 atom stereocenters. The first kappa shape index (κ1) is 15.7. The van der Waals surface area contributed by atoms with E-state index in [1.54, 1.807) is 11.3 Å². The Hall–Kier alpha value is -0.710. The largest absolute Gasteiger partial charge is 0.313 e. The molecule has 1 N–H and O–H groups in total. The predicted octanol–water partition coefficient (Wildman–Crippen LogP) is 4.80. The van der Waals surface area contributed by atoms with Crippen LogP contribution in [0.4, 0.5) is 4.39 Å². The molecule has 0 saturated carbocycles. The molecule has 0 aliphatic carbocycles. The van der Waals surface area contributed by atoms with Gasteiger partial charge in [-0.3, -0.25) is 0 Å². The highest BCUT2D eigenvalue weighted by Crippen LogP contribution is 2.24. The summed E-state index contributed by atoms with van der Waals surface area (Å²) in [7, 11) is 0. The Labute approximate surface area is 132 Å². The van der Waals surface area contributed by atoms with Crippen molar-refractivity contribution in [2.75, 3.05) is 6.54 Å². The summed E-state index contributed by atoms with van der Waals surface area (Å²) in [6, 6.07) is 9.30. The number of rotatable bonds is 7. The fraction of sp³-hybridized carbons (Fsp3) is 0.375. The van der Waals surface area contributed by atoms with Crippen LogP contribution in [0.1, 0.15) is 23.8 Å². The van der Waals surface area contributed by atoms with E-state index < -0.39 is 0 Å². The fourth-order valence-electron chi connectivity index (χ4n) is 2.16. The van der Waals surface area contributed by atoms with E-state index >= 15 is 0 Å². The van der Waals surface area contributed by atoms with Gasteiger partial charge >= 0.3 is 0 Å². The maximum absolute atomic E-state index is 13.0. The highest BCUT2D eigenvalue weighted by Gasteiger charge is 2.13. The Kier molecular flexibility index (Phi) is 6.20. The summed E-state index contributed by atoms with van der Waals surface area (Å²) in [5.74, 6) is -0.173. The third-order valence-electron chi connectivity index (χ3n) is 3.20. The highest BCUT2D eigenvalue weighted by atomic mass is 79.9. The van der Waals surface area contributed by atoms with Gasteiger partial charge in [0.05, 0.1) is 0 Å². The minimum absolute atomic E-state index is 0.173. The average Bonchev–Trinajstić information content (AvgIpc) is 2.84. The molecular weight excluding hydrogens is 337 g/mol. The van der Waals surface area contributed by atoms with E-state index in [0.29, 0.717) is 6.04 Å². The third-order valence-corrected chi connectivity index (χ3v) is 5.15. The van der Waals surface area contributed by atoms with Gasteiger partial charge in [0.15, 0.2) is 0 Å². The Morgan fingerprint density at radius 1 is 1.20 bits per heavy atom. The van der Waals surface area contributed by atoms with Gasteiger partial charge in [-0.05, 0) is 70.9 Å². The molecule has 0 bridgehead atoms. The molecule has 0 amide bonds. The molecule has 0 spiro atoms. The molecule has 108 valence electrons. The zero-order valence-corrected chi connectivity index (χ0v) is 13.9. The van der Waals surface area contributed by atoms with Crippen LogP contribution in [0, 0.1) is 5.82 Å². The average molecular weight is 356 g/mol. The fourth-order valence-corrected chi connectivity index (χ4v) is 3.76. The molecule has 20 heavy (non-hydrogen) atoms. The molecule has 1 unspecified atom stereocenters. The number of thiophene rings is 1. The molecule has 0 radical (unpaired) electrons. The van der Waals surface area contributed by atoms with Crippen molar-refractivity contribution in [3.63, 3.8) is 0 Å². The van der Waals surface area contributed by atoms with Gasteiger partial charge in [0.25, 0.3) is 0 Å². The molecular formula is C16H19BrFNS. The lowest BCUT2D eigenvalue weighted by Gasteiger charge is -2.18. The lowest BCUT2D eigenvalue weighted by molar-refractivity contribution is 0.506. The van der Waals surface area contributed by atoms with E-state index in [1.807, 2.05) is 12.1 Å². The lowest BCUT2D eigenvalue weighted by Crippen LogP contribution is -2.33. The summed E-state index contributed by atoms with van der Waals surface area (Å²) in [6.07, 6.45) is 3.03. The first-order chi connectivity index (χ1) is 9.69. The number of nitrogens with one attached hydrogen (secondary N) is 1. The van der Waals surface area contributed by atoms with Crippen LogP contribution in [-0.4, -0.2) is 12.6 Å². The number of hydrogen-bond acceptors (Lipinski definition) is 2. The zero-order chi connectivity index (χ0) is 14.4. The minimum Gasteiger partial charge on any atom is -0.313 e. The number of benzene rings is 1. The van der Waals surface area contributed by atoms with Crippen molar-refractivity contribution in [2.24, 2.45) is 0 Å². The first-order valence-electron chi connectivity index (χ1n) is 6.88. The summed E-state index contributed by atoms with van der Waals surface area (Å²) in [5, 5.41) is 5.70. The van der Waals surface area contributed by atoms with Crippen LogP contribution in [-0.2, 0) is 12.8 Å². The summed E-state index contributed by atoms with van der Waals surface area (Å²) in [6.45, 7) is 3.18. The van der Waals surface area contributed by atoms with E-state index in [1.165, 1.54) is 27.0 Å². The zero-order valence-electron chi connectivity index (χ0n) is 11.5. The van der Waals surface area contributed by atoms with Gasteiger partial charge in [-0.25, -0.2) is 4.39 Å². The summed E-state index contributed by atoms with van der Waals surface area (Å²) in [5.41, 5.74) is 1.17. The van der Waals surface area contributed by atoms with Crippen LogP contribution in [0.15, 0.2) is 40.2 Å². The van der Waals surface area contributed by atoms with Crippen molar-refractivity contribution in [1.82, 2.24) is 5.32 Å². The molecule has 0 aliphatic rings. The molecule has 1 heterocycles. The van der Waals surface area contributed by atoms with Gasteiger partial charge in [0.1, 0.15) is 5.82 Å². The van der Waals surface area contributed by atoms with E-state index in [9.17, 15) is 4.39 Å². The SMILES string of the molecule is CCCNC(Cc1ccc(F)cc1)Cc1sccc1Br. The van der Waals surface area contributed by atoms with Gasteiger partial charge in [0.2, 0.25) is 0 Å². The maximum atomic E-state index is 13.0. The van der Waals surface area contributed by atoms with Crippen molar-refractivity contribution in [2.45, 2.75) is 32.2 Å². The summed E-state index contributed by atoms with van der Waals surface area (Å²) in [4.78, 5) is 1.36. The Bertz CT molecular complexity index is 524. The molecule has 0 aliphatic heterocycles. The van der Waals surface area contributed by atoms with Crippen molar-refractivity contribution >= 4 is 27.3 Å². The van der Waals surface area contributed by atoms with Crippen LogP contribution in [0.3, 0.4) is 0 Å². The second-order valence-electron chi connectivity index (χ2n) is 4.88. The van der Waals surface area contributed by atoms with E-state index in [4.69, 9.17) is 0 Å². The van der Waals surface area contributed by atoms with Gasteiger partial charge < -0.3 is 5.32 Å². The normalized spacial score (nSPS) is 12.6. The standard InChI is InChI=1S/C16H19BrFNS/c1-2-8-19-14(11-16-15(17)7-9-20-16)10-12-3-5-13(18)6-4-12/h3-7,9,14,19H,2,8,10-11H2,1H3. The second kappa shape index (κ2) is 7.91. The first-order valence-corrected chi connectivity index (χ1v) is 8.56. The molecule has 1 aromatic heterocycles. The van der Waals surface area contributed by atoms with Crippen LogP contribution >= 0.6 is 27.3 Å². The van der Waals surface area contributed by atoms with Crippen LogP contribution < -0.4 is 5.32 Å². The third kappa shape index (κ3) is 4.69. The monoisotopic (exact) mass is 355 g/mol. The highest BCUT2D eigenvalue weighted by molar-refractivity contribution is 9.10. The van der Waals surface area contributed by atoms with E-state index in [2.05, 4.69) is 39.6 Å².